The maximum atomic E-state index is 14.3. The first kappa shape index (κ1) is 45.2. The van der Waals surface area contributed by atoms with Crippen molar-refractivity contribution in [2.75, 3.05) is 27.9 Å². The van der Waals surface area contributed by atoms with Crippen LogP contribution in [-0.2, 0) is 42.9 Å². The lowest BCUT2D eigenvalue weighted by atomic mass is 9.82. The summed E-state index contributed by atoms with van der Waals surface area (Å²) in [5.41, 5.74) is 1.76. The summed E-state index contributed by atoms with van der Waals surface area (Å²) in [6.07, 6.45) is 7.20. The van der Waals surface area contributed by atoms with E-state index in [9.17, 15) is 29.4 Å². The number of amides is 1. The largest absolute Gasteiger partial charge is 0.456 e. The molecule has 1 aliphatic carbocycles. The summed E-state index contributed by atoms with van der Waals surface area (Å²) in [6.45, 7) is 11.4. The van der Waals surface area contributed by atoms with Gasteiger partial charge in [-0.15, -0.1) is 0 Å². The SMILES string of the molecule is CC[C@@H]1/C=C(/C)C[C@H](C)C[C@H](OC)[C@H]2O[C@@](O)(C(=O)C(=O)N3CCCC[C@H]3C(=O)O[C@H](/C(C)=C/[C@@H]3CCC[C@H](OC)C3)[C@H](C)[C@@H](O)CC1=O)[C@H](C)C[C@@H]2OC. The molecule has 3 heterocycles. The summed E-state index contributed by atoms with van der Waals surface area (Å²) < 4.78 is 29.9. The number of rotatable bonds is 6. The van der Waals surface area contributed by atoms with Crippen LogP contribution < -0.4 is 0 Å². The summed E-state index contributed by atoms with van der Waals surface area (Å²) in [7, 11) is 4.80. The van der Waals surface area contributed by atoms with Gasteiger partial charge in [-0.25, -0.2) is 4.79 Å². The molecular weight excluding hydrogens is 706 g/mol. The molecule has 2 saturated heterocycles. The van der Waals surface area contributed by atoms with Crippen LogP contribution in [-0.4, -0.2) is 115 Å². The Kier molecular flexibility index (Phi) is 16.7. The number of fused-ring (bicyclic) bond motifs is 3. The molecule has 3 fully saturated rings. The molecule has 0 aromatic rings. The lowest BCUT2D eigenvalue weighted by Crippen LogP contribution is -2.64. The summed E-state index contributed by atoms with van der Waals surface area (Å²) in [5.74, 6) is -7.07. The second-order valence-corrected chi connectivity index (χ2v) is 17.0. The molecular formula is C43H69NO11. The number of ether oxygens (including phenoxy) is 5. The normalized spacial score (nSPS) is 40.7. The van der Waals surface area contributed by atoms with E-state index < -0.39 is 77.8 Å². The monoisotopic (exact) mass is 775 g/mol. The van der Waals surface area contributed by atoms with E-state index in [2.05, 4.69) is 13.0 Å². The molecule has 4 aliphatic rings. The molecule has 0 unspecified atom stereocenters. The Morgan fingerprint density at radius 3 is 2.29 bits per heavy atom. The van der Waals surface area contributed by atoms with Crippen LogP contribution in [0.2, 0.25) is 0 Å². The van der Waals surface area contributed by atoms with Gasteiger partial charge in [0.1, 0.15) is 24.0 Å². The number of methoxy groups -OCH3 is 3. The van der Waals surface area contributed by atoms with Crippen molar-refractivity contribution in [1.82, 2.24) is 4.90 Å². The van der Waals surface area contributed by atoms with Crippen molar-refractivity contribution in [1.29, 1.82) is 0 Å². The van der Waals surface area contributed by atoms with Crippen molar-refractivity contribution in [2.45, 2.75) is 167 Å². The first-order chi connectivity index (χ1) is 26.1. The van der Waals surface area contributed by atoms with Gasteiger partial charge in [-0.3, -0.25) is 14.4 Å². The van der Waals surface area contributed by atoms with Crippen LogP contribution in [0.1, 0.15) is 119 Å². The second kappa shape index (κ2) is 20.3. The third-order valence-corrected chi connectivity index (χ3v) is 12.8. The Labute approximate surface area is 328 Å². The van der Waals surface area contributed by atoms with Gasteiger partial charge < -0.3 is 38.8 Å². The van der Waals surface area contributed by atoms with Crippen molar-refractivity contribution in [2.24, 2.45) is 29.6 Å². The summed E-state index contributed by atoms with van der Waals surface area (Å²) in [4.78, 5) is 57.6. The predicted octanol–water partition coefficient (Wildman–Crippen LogP) is 5.50. The zero-order chi connectivity index (χ0) is 40.6. The highest BCUT2D eigenvalue weighted by Gasteiger charge is 2.56. The molecule has 312 valence electrons. The van der Waals surface area contributed by atoms with Crippen LogP contribution >= 0.6 is 0 Å². The lowest BCUT2D eigenvalue weighted by Gasteiger charge is -2.47. The summed E-state index contributed by atoms with van der Waals surface area (Å²) in [5, 5.41) is 23.7. The third-order valence-electron chi connectivity index (χ3n) is 12.8. The van der Waals surface area contributed by atoms with Gasteiger partial charge in [0.25, 0.3) is 11.7 Å². The van der Waals surface area contributed by atoms with E-state index in [1.165, 1.54) is 4.90 Å². The number of aliphatic hydroxyl groups is 2. The Morgan fingerprint density at radius 1 is 0.945 bits per heavy atom. The molecule has 12 nitrogen and oxygen atoms in total. The molecule has 2 bridgehead atoms. The van der Waals surface area contributed by atoms with Crippen LogP contribution in [0.4, 0.5) is 0 Å². The fourth-order valence-electron chi connectivity index (χ4n) is 9.39. The number of carbonyl (C=O) groups is 4. The van der Waals surface area contributed by atoms with Gasteiger partial charge in [-0.05, 0) is 95.5 Å². The second-order valence-electron chi connectivity index (χ2n) is 17.0. The number of hydrogen-bond acceptors (Lipinski definition) is 11. The first-order valence-corrected chi connectivity index (χ1v) is 20.7. The van der Waals surface area contributed by atoms with Crippen molar-refractivity contribution >= 4 is 23.4 Å². The molecule has 0 aromatic carbocycles. The number of cyclic esters (lactones) is 1. The Balaban J connectivity index is 1.76. The number of hydrogen-bond donors (Lipinski definition) is 2. The molecule has 3 aliphatic heterocycles. The molecule has 0 radical (unpaired) electrons. The molecule has 1 amide bonds. The van der Waals surface area contributed by atoms with Crippen molar-refractivity contribution in [3.63, 3.8) is 0 Å². The minimum atomic E-state index is -2.48. The Hall–Kier alpha value is -2.48. The Morgan fingerprint density at radius 2 is 1.64 bits per heavy atom. The quantitative estimate of drug-likeness (QED) is 0.199. The summed E-state index contributed by atoms with van der Waals surface area (Å²) >= 11 is 0. The van der Waals surface area contributed by atoms with Crippen LogP contribution in [0.3, 0.4) is 0 Å². The third kappa shape index (κ3) is 10.9. The molecule has 12 heteroatoms. The number of nitrogens with zero attached hydrogens (tertiary/aromatic N) is 1. The average Bonchev–Trinajstić information content (AvgIpc) is 3.17. The predicted molar refractivity (Wildman–Crippen MR) is 207 cm³/mol. The van der Waals surface area contributed by atoms with E-state index in [0.717, 1.165) is 36.8 Å². The number of piperidine rings is 1. The van der Waals surface area contributed by atoms with Gasteiger partial charge in [0.15, 0.2) is 0 Å². The Bertz CT molecular complexity index is 1400. The fourth-order valence-corrected chi connectivity index (χ4v) is 9.39. The number of Topliss-reactive ketones (excluding diaryl/α,β-unsaturated/α-hetero) is 2. The molecule has 55 heavy (non-hydrogen) atoms. The number of allylic oxidation sites excluding steroid dienone is 3. The zero-order valence-electron chi connectivity index (χ0n) is 34.8. The van der Waals surface area contributed by atoms with Crippen molar-refractivity contribution in [3.05, 3.63) is 23.3 Å². The van der Waals surface area contributed by atoms with Gasteiger partial charge in [-0.1, -0.05) is 51.8 Å². The molecule has 2 N–H and O–H groups in total. The van der Waals surface area contributed by atoms with Gasteiger partial charge in [0.2, 0.25) is 5.79 Å². The van der Waals surface area contributed by atoms with Gasteiger partial charge in [0, 0.05) is 52.0 Å². The van der Waals surface area contributed by atoms with Crippen LogP contribution in [0.15, 0.2) is 23.3 Å². The van der Waals surface area contributed by atoms with E-state index in [4.69, 9.17) is 23.7 Å². The topological polar surface area (TPSA) is 158 Å². The van der Waals surface area contributed by atoms with E-state index in [0.29, 0.717) is 32.1 Å². The molecule has 0 spiro atoms. The number of carbonyl (C=O) groups excluding carboxylic acids is 4. The lowest BCUT2D eigenvalue weighted by molar-refractivity contribution is -0.302. The highest BCUT2D eigenvalue weighted by atomic mass is 16.7. The van der Waals surface area contributed by atoms with Crippen LogP contribution in [0.25, 0.3) is 0 Å². The summed E-state index contributed by atoms with van der Waals surface area (Å²) in [6, 6.07) is -1.09. The molecule has 0 aromatic heterocycles. The first-order valence-electron chi connectivity index (χ1n) is 20.7. The van der Waals surface area contributed by atoms with Gasteiger partial charge in [0.05, 0.1) is 24.4 Å². The average molecular weight is 776 g/mol. The van der Waals surface area contributed by atoms with Gasteiger partial charge >= 0.3 is 5.97 Å². The van der Waals surface area contributed by atoms with E-state index in [1.807, 2.05) is 26.8 Å². The minimum Gasteiger partial charge on any atom is -0.456 e. The maximum Gasteiger partial charge on any atom is 0.329 e. The van der Waals surface area contributed by atoms with Gasteiger partial charge in [-0.2, -0.15) is 0 Å². The molecule has 1 saturated carbocycles. The highest BCUT2D eigenvalue weighted by molar-refractivity contribution is 6.39. The van der Waals surface area contributed by atoms with Crippen molar-refractivity contribution in [3.8, 4) is 0 Å². The number of esters is 1. The maximum absolute atomic E-state index is 14.3. The van der Waals surface area contributed by atoms with Crippen LogP contribution in [0, 0.1) is 29.6 Å². The molecule has 4 rings (SSSR count). The minimum absolute atomic E-state index is 0.0514. The highest BCUT2D eigenvalue weighted by Crippen LogP contribution is 2.39. The van der Waals surface area contributed by atoms with E-state index in [-0.39, 0.29) is 49.5 Å². The van der Waals surface area contributed by atoms with E-state index >= 15 is 0 Å². The smallest absolute Gasteiger partial charge is 0.329 e. The zero-order valence-corrected chi connectivity index (χ0v) is 34.8. The number of ketones is 2. The van der Waals surface area contributed by atoms with Crippen molar-refractivity contribution < 1.29 is 53.1 Å². The standard InChI is InChI=1S/C43H69NO11/c1-10-31-19-25(2)18-26(3)20-36(52-8)39-37(53-9)22-28(5)43(50,55-39)40(47)41(48)44-17-12-11-16-33(44)42(49)54-38(29(6)34(45)24-35(31)46)27(4)21-30-14-13-15-32(23-30)51-7/h19,21,26,28-34,36-39,45,50H,10-18,20,22-24H2,1-9H3/b25-19-,27-21+/t26-,28+,29+,30-,31+,32-,33-,34-,36-,37-,38+,39+,43+/m0/s1. The van der Waals surface area contributed by atoms with E-state index in [1.54, 1.807) is 35.2 Å². The molecule has 13 atom stereocenters. The fraction of sp³-hybridized carbons (Fsp3) is 0.814. The van der Waals surface area contributed by atoms with Crippen LogP contribution in [0.5, 0.6) is 0 Å². The number of aliphatic hydroxyl groups excluding tert-OH is 1.